The SMILES string of the molecule is CCNc1cc(NCc2ccccc2C)nc(SC)n1. The fourth-order valence-corrected chi connectivity index (χ4v) is 2.25. The van der Waals surface area contributed by atoms with Crippen LogP contribution in [0.3, 0.4) is 0 Å². The lowest BCUT2D eigenvalue weighted by molar-refractivity contribution is 0.948. The van der Waals surface area contributed by atoms with Crippen LogP contribution < -0.4 is 10.6 Å². The zero-order valence-electron chi connectivity index (χ0n) is 12.1. The molecule has 0 radical (unpaired) electrons. The molecule has 0 amide bonds. The number of rotatable bonds is 6. The summed E-state index contributed by atoms with van der Waals surface area (Å²) in [4.78, 5) is 8.89. The lowest BCUT2D eigenvalue weighted by atomic mass is 10.1. The molecule has 2 N–H and O–H groups in total. The average molecular weight is 288 g/mol. The number of aryl methyl sites for hydroxylation is 1. The van der Waals surface area contributed by atoms with Gasteiger partial charge in [0.1, 0.15) is 11.6 Å². The maximum Gasteiger partial charge on any atom is 0.191 e. The van der Waals surface area contributed by atoms with Crippen LogP contribution in [0.5, 0.6) is 0 Å². The Morgan fingerprint density at radius 1 is 1.10 bits per heavy atom. The van der Waals surface area contributed by atoms with Gasteiger partial charge in [-0.3, -0.25) is 0 Å². The lowest BCUT2D eigenvalue weighted by Gasteiger charge is -2.11. The minimum atomic E-state index is 0.767. The molecule has 2 rings (SSSR count). The monoisotopic (exact) mass is 288 g/mol. The van der Waals surface area contributed by atoms with Gasteiger partial charge in [-0.05, 0) is 31.2 Å². The van der Waals surface area contributed by atoms with Gasteiger partial charge in [-0.2, -0.15) is 0 Å². The van der Waals surface area contributed by atoms with E-state index in [9.17, 15) is 0 Å². The van der Waals surface area contributed by atoms with Crippen molar-refractivity contribution < 1.29 is 0 Å². The number of anilines is 2. The summed E-state index contributed by atoms with van der Waals surface area (Å²) in [5.41, 5.74) is 2.56. The summed E-state index contributed by atoms with van der Waals surface area (Å²) in [5, 5.41) is 7.37. The molecule has 0 unspecified atom stereocenters. The van der Waals surface area contributed by atoms with Gasteiger partial charge in [0.25, 0.3) is 0 Å². The molecule has 0 fully saturated rings. The molecule has 0 saturated heterocycles. The normalized spacial score (nSPS) is 10.3. The summed E-state index contributed by atoms with van der Waals surface area (Å²) in [6.07, 6.45) is 1.98. The Morgan fingerprint density at radius 3 is 2.45 bits per heavy atom. The Balaban J connectivity index is 2.12. The summed E-state index contributed by atoms with van der Waals surface area (Å²) in [6, 6.07) is 10.3. The maximum absolute atomic E-state index is 4.48. The van der Waals surface area contributed by atoms with E-state index in [1.807, 2.05) is 12.3 Å². The number of aromatic nitrogens is 2. The quantitative estimate of drug-likeness (QED) is 0.629. The van der Waals surface area contributed by atoms with Crippen molar-refractivity contribution >= 4 is 23.4 Å². The Morgan fingerprint density at radius 2 is 1.80 bits per heavy atom. The molecule has 0 saturated carbocycles. The zero-order chi connectivity index (χ0) is 14.4. The van der Waals surface area contributed by atoms with Crippen LogP contribution in [0.4, 0.5) is 11.6 Å². The van der Waals surface area contributed by atoms with Gasteiger partial charge in [-0.15, -0.1) is 0 Å². The van der Waals surface area contributed by atoms with Crippen molar-refractivity contribution in [2.24, 2.45) is 0 Å². The van der Waals surface area contributed by atoms with Crippen LogP contribution in [0.25, 0.3) is 0 Å². The minimum Gasteiger partial charge on any atom is -0.370 e. The van der Waals surface area contributed by atoms with Gasteiger partial charge in [0.2, 0.25) is 0 Å². The third-order valence-corrected chi connectivity index (χ3v) is 3.52. The van der Waals surface area contributed by atoms with E-state index in [4.69, 9.17) is 0 Å². The van der Waals surface area contributed by atoms with Gasteiger partial charge in [0.05, 0.1) is 0 Å². The van der Waals surface area contributed by atoms with E-state index < -0.39 is 0 Å². The van der Waals surface area contributed by atoms with Crippen LogP contribution in [0.15, 0.2) is 35.5 Å². The Hall–Kier alpha value is -1.75. The van der Waals surface area contributed by atoms with E-state index in [-0.39, 0.29) is 0 Å². The summed E-state index contributed by atoms with van der Waals surface area (Å²) < 4.78 is 0. The van der Waals surface area contributed by atoms with Gasteiger partial charge in [0.15, 0.2) is 5.16 Å². The average Bonchev–Trinajstić information content (AvgIpc) is 2.46. The number of nitrogens with zero attached hydrogens (tertiary/aromatic N) is 2. The predicted molar refractivity (Wildman–Crippen MR) is 86.5 cm³/mol. The van der Waals surface area contributed by atoms with Crippen LogP contribution in [-0.4, -0.2) is 22.8 Å². The van der Waals surface area contributed by atoms with Crippen molar-refractivity contribution in [1.82, 2.24) is 9.97 Å². The van der Waals surface area contributed by atoms with Crippen molar-refractivity contribution in [3.8, 4) is 0 Å². The standard InChI is InChI=1S/C15H20N4S/c1-4-16-13-9-14(19-15(18-13)20-3)17-10-12-8-6-5-7-11(12)2/h5-9H,4,10H2,1-3H3,(H2,16,17,18,19). The second kappa shape index (κ2) is 7.14. The molecule has 4 nitrogen and oxygen atoms in total. The van der Waals surface area contributed by atoms with Crippen LogP contribution in [0.1, 0.15) is 18.1 Å². The Bertz CT molecular complexity index is 572. The maximum atomic E-state index is 4.48. The highest BCUT2D eigenvalue weighted by atomic mass is 32.2. The summed E-state index contributed by atoms with van der Waals surface area (Å²) in [5.74, 6) is 1.71. The van der Waals surface area contributed by atoms with Crippen molar-refractivity contribution in [2.45, 2.75) is 25.5 Å². The number of thioether (sulfide) groups is 1. The molecule has 5 heteroatoms. The van der Waals surface area contributed by atoms with Gasteiger partial charge in [-0.25, -0.2) is 9.97 Å². The van der Waals surface area contributed by atoms with Gasteiger partial charge in [0, 0.05) is 19.2 Å². The first-order chi connectivity index (χ1) is 9.72. The van der Waals surface area contributed by atoms with Crippen LogP contribution >= 0.6 is 11.8 Å². The summed E-state index contributed by atoms with van der Waals surface area (Å²) in [6.45, 7) is 5.79. The fourth-order valence-electron chi connectivity index (χ4n) is 1.87. The molecule has 106 valence electrons. The van der Waals surface area contributed by atoms with Crippen molar-refractivity contribution in [1.29, 1.82) is 0 Å². The number of nitrogens with one attached hydrogen (secondary N) is 2. The zero-order valence-corrected chi connectivity index (χ0v) is 12.9. The Kier molecular flexibility index (Phi) is 5.24. The molecule has 2 aromatic rings. The second-order valence-corrected chi connectivity index (χ2v) is 5.21. The molecular formula is C15H20N4S. The third kappa shape index (κ3) is 3.87. The Labute approximate surface area is 124 Å². The molecular weight excluding hydrogens is 268 g/mol. The fraction of sp³-hybridized carbons (Fsp3) is 0.333. The smallest absolute Gasteiger partial charge is 0.191 e. The molecule has 1 heterocycles. The molecule has 1 aromatic heterocycles. The first-order valence-corrected chi connectivity index (χ1v) is 7.90. The van der Waals surface area contributed by atoms with E-state index in [1.165, 1.54) is 11.1 Å². The summed E-state index contributed by atoms with van der Waals surface area (Å²) >= 11 is 1.55. The van der Waals surface area contributed by atoms with Crippen LogP contribution in [0.2, 0.25) is 0 Å². The van der Waals surface area contributed by atoms with E-state index in [2.05, 4.69) is 58.7 Å². The molecule has 0 bridgehead atoms. The second-order valence-electron chi connectivity index (χ2n) is 4.44. The highest BCUT2D eigenvalue weighted by Gasteiger charge is 2.04. The highest BCUT2D eigenvalue weighted by molar-refractivity contribution is 7.98. The van der Waals surface area contributed by atoms with Gasteiger partial charge < -0.3 is 10.6 Å². The van der Waals surface area contributed by atoms with Crippen molar-refractivity contribution in [2.75, 3.05) is 23.4 Å². The molecule has 0 spiro atoms. The largest absolute Gasteiger partial charge is 0.370 e. The molecule has 0 atom stereocenters. The van der Waals surface area contributed by atoms with Crippen molar-refractivity contribution in [3.63, 3.8) is 0 Å². The third-order valence-electron chi connectivity index (χ3n) is 2.97. The molecule has 0 aliphatic rings. The summed E-state index contributed by atoms with van der Waals surface area (Å²) in [7, 11) is 0. The van der Waals surface area contributed by atoms with Gasteiger partial charge in [-0.1, -0.05) is 36.0 Å². The van der Waals surface area contributed by atoms with E-state index in [0.29, 0.717) is 0 Å². The lowest BCUT2D eigenvalue weighted by Crippen LogP contribution is -2.06. The van der Waals surface area contributed by atoms with E-state index >= 15 is 0 Å². The van der Waals surface area contributed by atoms with E-state index in [1.54, 1.807) is 11.8 Å². The first kappa shape index (κ1) is 14.7. The molecule has 1 aromatic carbocycles. The van der Waals surface area contributed by atoms with Crippen LogP contribution in [0, 0.1) is 6.92 Å². The number of hydrogen-bond donors (Lipinski definition) is 2. The van der Waals surface area contributed by atoms with Crippen molar-refractivity contribution in [3.05, 3.63) is 41.5 Å². The van der Waals surface area contributed by atoms with Crippen LogP contribution in [-0.2, 0) is 6.54 Å². The minimum absolute atomic E-state index is 0.767. The first-order valence-electron chi connectivity index (χ1n) is 6.68. The number of benzene rings is 1. The predicted octanol–water partition coefficient (Wildman–Crippen LogP) is 3.55. The molecule has 20 heavy (non-hydrogen) atoms. The molecule has 0 aliphatic heterocycles. The van der Waals surface area contributed by atoms with Gasteiger partial charge >= 0.3 is 0 Å². The van der Waals surface area contributed by atoms with E-state index in [0.717, 1.165) is 29.9 Å². The topological polar surface area (TPSA) is 49.8 Å². The highest BCUT2D eigenvalue weighted by Crippen LogP contribution is 2.18. The number of hydrogen-bond acceptors (Lipinski definition) is 5. The molecule has 0 aliphatic carbocycles.